The van der Waals surface area contributed by atoms with Crippen molar-refractivity contribution in [1.29, 1.82) is 0 Å². The summed E-state index contributed by atoms with van der Waals surface area (Å²) in [5, 5.41) is 0.955. The first kappa shape index (κ1) is 18.7. The van der Waals surface area contributed by atoms with E-state index >= 15 is 0 Å². The van der Waals surface area contributed by atoms with Gasteiger partial charge in [0.05, 0.1) is 7.11 Å². The smallest absolute Gasteiger partial charge is 0.339 e. The summed E-state index contributed by atoms with van der Waals surface area (Å²) < 4.78 is 15.1. The Kier molecular flexibility index (Phi) is 6.78. The minimum absolute atomic E-state index is 0.290. The first-order valence-corrected chi connectivity index (χ1v) is 8.23. The van der Waals surface area contributed by atoms with Gasteiger partial charge in [0.2, 0.25) is 0 Å². The van der Waals surface area contributed by atoms with Crippen molar-refractivity contribution >= 4 is 11.0 Å². The van der Waals surface area contributed by atoms with Crippen LogP contribution >= 0.6 is 0 Å². The second-order valence-electron chi connectivity index (χ2n) is 5.59. The van der Waals surface area contributed by atoms with Crippen molar-refractivity contribution < 1.29 is 13.9 Å². The second-order valence-corrected chi connectivity index (χ2v) is 5.59. The van der Waals surface area contributed by atoms with E-state index in [2.05, 4.69) is 16.9 Å². The molecule has 25 heavy (non-hydrogen) atoms. The maximum absolute atomic E-state index is 12.0. The van der Waals surface area contributed by atoms with Crippen LogP contribution in [0.2, 0.25) is 0 Å². The minimum Gasteiger partial charge on any atom is -0.497 e. The van der Waals surface area contributed by atoms with Gasteiger partial charge >= 0.3 is 5.63 Å². The number of ether oxygens (including phenoxy) is 2. The molecule has 0 bridgehead atoms. The molecule has 0 atom stereocenters. The summed E-state index contributed by atoms with van der Waals surface area (Å²) in [6.45, 7) is 4.59. The van der Waals surface area contributed by atoms with Gasteiger partial charge in [-0.25, -0.2) is 4.79 Å². The Morgan fingerprint density at radius 2 is 1.72 bits per heavy atom. The summed E-state index contributed by atoms with van der Waals surface area (Å²) in [5.41, 5.74) is 3.12. The van der Waals surface area contributed by atoms with Gasteiger partial charge in [-0.1, -0.05) is 30.3 Å². The minimum atomic E-state index is -0.290. The van der Waals surface area contributed by atoms with Crippen LogP contribution in [-0.4, -0.2) is 20.8 Å². The number of hydrogen-bond acceptors (Lipinski definition) is 4. The molecule has 3 aromatic rings. The highest BCUT2D eigenvalue weighted by Gasteiger charge is 2.12. The maximum atomic E-state index is 12.0. The predicted molar refractivity (Wildman–Crippen MR) is 101 cm³/mol. The van der Waals surface area contributed by atoms with Crippen LogP contribution in [-0.2, 0) is 11.2 Å². The molecule has 0 spiro atoms. The molecule has 0 saturated carbocycles. The second kappa shape index (κ2) is 9.04. The van der Waals surface area contributed by atoms with Gasteiger partial charge in [-0.2, -0.15) is 0 Å². The highest BCUT2D eigenvalue weighted by molar-refractivity contribution is 5.83. The van der Waals surface area contributed by atoms with Crippen molar-refractivity contribution in [2.45, 2.75) is 20.3 Å². The third kappa shape index (κ3) is 4.70. The molecule has 0 unspecified atom stereocenters. The molecule has 2 aromatic carbocycles. The predicted octanol–water partition coefficient (Wildman–Crippen LogP) is 4.35. The van der Waals surface area contributed by atoms with E-state index in [1.165, 1.54) is 5.56 Å². The molecule has 0 amide bonds. The van der Waals surface area contributed by atoms with Crippen LogP contribution in [0.25, 0.3) is 11.0 Å². The maximum Gasteiger partial charge on any atom is 0.339 e. The Labute approximate surface area is 148 Å². The molecular weight excluding hydrogens is 316 g/mol. The fourth-order valence-electron chi connectivity index (χ4n) is 2.49. The average Bonchev–Trinajstić information content (AvgIpc) is 2.66. The SMILES string of the molecule is CCOC.COc1ccc2c(Cc3ccccc3)c(C)c(=O)oc2c1. The lowest BCUT2D eigenvalue weighted by Gasteiger charge is -2.10. The van der Waals surface area contributed by atoms with Crippen LogP contribution < -0.4 is 10.4 Å². The topological polar surface area (TPSA) is 48.7 Å². The standard InChI is InChI=1S/C18H16O3.C3H8O/c1-12-16(10-13-6-4-3-5-7-13)15-9-8-14(20-2)11-17(15)21-18(12)19;1-3-4-2/h3-9,11H,10H2,1-2H3;3H2,1-2H3. The van der Waals surface area contributed by atoms with Crippen molar-refractivity contribution in [3.63, 3.8) is 0 Å². The van der Waals surface area contributed by atoms with Crippen LogP contribution in [0.5, 0.6) is 5.75 Å². The molecule has 4 heteroatoms. The molecule has 0 aliphatic carbocycles. The summed E-state index contributed by atoms with van der Waals surface area (Å²) in [5.74, 6) is 0.681. The van der Waals surface area contributed by atoms with Gasteiger partial charge in [0.25, 0.3) is 0 Å². The molecule has 0 aliphatic rings. The van der Waals surface area contributed by atoms with Gasteiger partial charge in [-0.3, -0.25) is 0 Å². The van der Waals surface area contributed by atoms with Crippen molar-refractivity contribution in [3.05, 3.63) is 75.6 Å². The number of methoxy groups -OCH3 is 2. The lowest BCUT2D eigenvalue weighted by molar-refractivity contribution is 0.215. The van der Waals surface area contributed by atoms with E-state index in [4.69, 9.17) is 9.15 Å². The number of rotatable bonds is 4. The van der Waals surface area contributed by atoms with Crippen LogP contribution in [0.1, 0.15) is 23.6 Å². The van der Waals surface area contributed by atoms with E-state index in [9.17, 15) is 4.79 Å². The summed E-state index contributed by atoms with van der Waals surface area (Å²) in [4.78, 5) is 12.0. The Morgan fingerprint density at radius 3 is 2.32 bits per heavy atom. The monoisotopic (exact) mass is 340 g/mol. The lowest BCUT2D eigenvalue weighted by Crippen LogP contribution is -2.08. The molecule has 0 fully saturated rings. The zero-order valence-corrected chi connectivity index (χ0v) is 15.2. The lowest BCUT2D eigenvalue weighted by atomic mass is 9.98. The first-order chi connectivity index (χ1) is 12.1. The summed E-state index contributed by atoms with van der Waals surface area (Å²) in [6.07, 6.45) is 0.709. The zero-order chi connectivity index (χ0) is 18.2. The summed E-state index contributed by atoms with van der Waals surface area (Å²) in [6, 6.07) is 15.7. The van der Waals surface area contributed by atoms with Gasteiger partial charge in [0.15, 0.2) is 0 Å². The van der Waals surface area contributed by atoms with E-state index in [1.54, 1.807) is 20.3 Å². The van der Waals surface area contributed by atoms with Crippen LogP contribution in [0.3, 0.4) is 0 Å². The number of benzene rings is 2. The highest BCUT2D eigenvalue weighted by Crippen LogP contribution is 2.26. The first-order valence-electron chi connectivity index (χ1n) is 8.23. The molecule has 0 saturated heterocycles. The molecule has 3 rings (SSSR count). The summed E-state index contributed by atoms with van der Waals surface area (Å²) in [7, 11) is 3.28. The van der Waals surface area contributed by atoms with Crippen molar-refractivity contribution in [2.75, 3.05) is 20.8 Å². The van der Waals surface area contributed by atoms with Gasteiger partial charge in [0, 0.05) is 30.7 Å². The normalized spacial score (nSPS) is 10.2. The fourth-order valence-corrected chi connectivity index (χ4v) is 2.49. The Balaban J connectivity index is 0.000000511. The van der Waals surface area contributed by atoms with E-state index < -0.39 is 0 Å². The van der Waals surface area contributed by atoms with Crippen molar-refractivity contribution in [2.24, 2.45) is 0 Å². The van der Waals surface area contributed by atoms with Gasteiger partial charge in [-0.05, 0) is 43.5 Å². The molecule has 0 radical (unpaired) electrons. The van der Waals surface area contributed by atoms with Gasteiger partial charge in [-0.15, -0.1) is 0 Å². The third-order valence-electron chi connectivity index (χ3n) is 3.99. The van der Waals surface area contributed by atoms with E-state index in [-0.39, 0.29) is 5.63 Å². The number of fused-ring (bicyclic) bond motifs is 1. The zero-order valence-electron chi connectivity index (χ0n) is 15.2. The van der Waals surface area contributed by atoms with Crippen LogP contribution in [0.4, 0.5) is 0 Å². The molecule has 1 heterocycles. The molecule has 132 valence electrons. The Hall–Kier alpha value is -2.59. The van der Waals surface area contributed by atoms with Crippen molar-refractivity contribution in [1.82, 2.24) is 0 Å². The highest BCUT2D eigenvalue weighted by atomic mass is 16.5. The van der Waals surface area contributed by atoms with Crippen LogP contribution in [0.15, 0.2) is 57.7 Å². The summed E-state index contributed by atoms with van der Waals surface area (Å²) >= 11 is 0. The molecule has 0 N–H and O–H groups in total. The molecule has 0 aliphatic heterocycles. The van der Waals surface area contributed by atoms with E-state index in [0.29, 0.717) is 23.3 Å². The largest absolute Gasteiger partial charge is 0.497 e. The quantitative estimate of drug-likeness (QED) is 0.662. The molecular formula is C21H24O4. The van der Waals surface area contributed by atoms with Gasteiger partial charge in [0.1, 0.15) is 11.3 Å². The van der Waals surface area contributed by atoms with E-state index in [0.717, 1.165) is 17.6 Å². The average molecular weight is 340 g/mol. The Morgan fingerprint density at radius 1 is 1.04 bits per heavy atom. The third-order valence-corrected chi connectivity index (χ3v) is 3.99. The fraction of sp³-hybridized carbons (Fsp3) is 0.286. The number of hydrogen-bond donors (Lipinski definition) is 0. The van der Waals surface area contributed by atoms with Crippen LogP contribution in [0, 0.1) is 6.92 Å². The molecule has 1 aromatic heterocycles. The van der Waals surface area contributed by atoms with E-state index in [1.807, 2.05) is 44.2 Å². The molecule has 4 nitrogen and oxygen atoms in total. The Bertz CT molecular complexity index is 864. The van der Waals surface area contributed by atoms with Crippen molar-refractivity contribution in [3.8, 4) is 5.75 Å². The van der Waals surface area contributed by atoms with Gasteiger partial charge < -0.3 is 13.9 Å².